The van der Waals surface area contributed by atoms with Crippen LogP contribution in [0.5, 0.6) is 0 Å². The van der Waals surface area contributed by atoms with Gasteiger partial charge < -0.3 is 9.88 Å². The van der Waals surface area contributed by atoms with Gasteiger partial charge in [-0.2, -0.15) is 0 Å². The number of anilines is 1. The molecular weight excluding hydrogens is 362 g/mol. The first kappa shape index (κ1) is 18.0. The van der Waals surface area contributed by atoms with Crippen molar-refractivity contribution in [2.24, 2.45) is 5.14 Å². The van der Waals surface area contributed by atoms with Gasteiger partial charge in [-0.25, -0.2) is 18.5 Å². The number of hydrogen-bond acceptors (Lipinski definition) is 7. The van der Waals surface area contributed by atoms with Crippen LogP contribution < -0.4 is 15.6 Å². The average Bonchev–Trinajstić information content (AvgIpc) is 2.74. The minimum atomic E-state index is -3.80. The lowest BCUT2D eigenvalue weighted by molar-refractivity contribution is -0.385. The molecule has 0 unspecified atom stereocenters. The highest BCUT2D eigenvalue weighted by Gasteiger charge is 2.27. The number of rotatable bonds is 3. The first-order chi connectivity index (χ1) is 12.2. The van der Waals surface area contributed by atoms with Crippen molar-refractivity contribution in [2.45, 2.75) is 24.7 Å². The fourth-order valence-electron chi connectivity index (χ4n) is 3.04. The number of aromatic amines is 1. The van der Waals surface area contributed by atoms with Crippen LogP contribution >= 0.6 is 0 Å². The first-order valence-electron chi connectivity index (χ1n) is 7.81. The zero-order valence-electron chi connectivity index (χ0n) is 13.9. The van der Waals surface area contributed by atoms with Gasteiger partial charge in [-0.1, -0.05) is 6.07 Å². The van der Waals surface area contributed by atoms with E-state index in [1.807, 2.05) is 0 Å². The monoisotopic (exact) mass is 379 g/mol. The SMILES string of the molecule is Cc1nc(N2CCc3ccc(S(N)(=O)=O)cc3CC2)c([N+](=O)[O-])c(=O)[nH]1. The van der Waals surface area contributed by atoms with Crippen molar-refractivity contribution in [3.05, 3.63) is 55.6 Å². The Balaban J connectivity index is 1.98. The third-order valence-electron chi connectivity index (χ3n) is 4.29. The molecule has 0 saturated heterocycles. The average molecular weight is 379 g/mol. The van der Waals surface area contributed by atoms with Crippen LogP contribution in [-0.2, 0) is 22.9 Å². The van der Waals surface area contributed by atoms with Crippen molar-refractivity contribution in [1.29, 1.82) is 0 Å². The molecule has 2 heterocycles. The van der Waals surface area contributed by atoms with Gasteiger partial charge in [0.2, 0.25) is 15.8 Å². The van der Waals surface area contributed by atoms with E-state index in [1.165, 1.54) is 12.1 Å². The van der Waals surface area contributed by atoms with Gasteiger partial charge >= 0.3 is 11.2 Å². The number of nitrogens with one attached hydrogen (secondary N) is 1. The molecule has 10 nitrogen and oxygen atoms in total. The molecule has 1 aliphatic rings. The molecule has 1 aromatic heterocycles. The van der Waals surface area contributed by atoms with Gasteiger partial charge in [0.05, 0.1) is 9.82 Å². The molecule has 0 amide bonds. The minimum Gasteiger partial charge on any atom is -0.350 e. The molecule has 0 aliphatic carbocycles. The molecule has 2 aromatic rings. The van der Waals surface area contributed by atoms with E-state index in [0.29, 0.717) is 25.9 Å². The molecule has 3 N–H and O–H groups in total. The van der Waals surface area contributed by atoms with E-state index in [2.05, 4.69) is 9.97 Å². The number of sulfonamides is 1. The van der Waals surface area contributed by atoms with Gasteiger partial charge in [0.1, 0.15) is 5.82 Å². The molecule has 11 heteroatoms. The largest absolute Gasteiger partial charge is 0.375 e. The summed E-state index contributed by atoms with van der Waals surface area (Å²) in [5.74, 6) is 0.310. The zero-order chi connectivity index (χ0) is 19.1. The van der Waals surface area contributed by atoms with Crippen LogP contribution in [0.4, 0.5) is 11.5 Å². The summed E-state index contributed by atoms with van der Waals surface area (Å²) in [6.07, 6.45) is 0.980. The van der Waals surface area contributed by atoms with E-state index in [-0.39, 0.29) is 16.5 Å². The molecule has 1 aromatic carbocycles. The highest BCUT2D eigenvalue weighted by Crippen LogP contribution is 2.26. The lowest BCUT2D eigenvalue weighted by Crippen LogP contribution is -2.30. The normalized spacial score (nSPS) is 14.6. The lowest BCUT2D eigenvalue weighted by Gasteiger charge is -2.20. The second kappa shape index (κ2) is 6.50. The molecule has 0 radical (unpaired) electrons. The summed E-state index contributed by atoms with van der Waals surface area (Å²) in [7, 11) is -3.80. The third-order valence-corrected chi connectivity index (χ3v) is 5.20. The summed E-state index contributed by atoms with van der Waals surface area (Å²) >= 11 is 0. The van der Waals surface area contributed by atoms with Crippen molar-refractivity contribution in [3.63, 3.8) is 0 Å². The van der Waals surface area contributed by atoms with E-state index in [0.717, 1.165) is 11.1 Å². The Labute approximate surface area is 148 Å². The second-order valence-electron chi connectivity index (χ2n) is 6.04. The number of nitrogens with two attached hydrogens (primary N) is 1. The van der Waals surface area contributed by atoms with E-state index in [9.17, 15) is 23.3 Å². The number of fused-ring (bicyclic) bond motifs is 1. The quantitative estimate of drug-likeness (QED) is 0.572. The Morgan fingerprint density at radius 2 is 1.92 bits per heavy atom. The Morgan fingerprint density at radius 3 is 2.54 bits per heavy atom. The number of H-pyrrole nitrogens is 1. The number of aromatic nitrogens is 2. The van der Waals surface area contributed by atoms with Crippen molar-refractivity contribution in [2.75, 3.05) is 18.0 Å². The Bertz CT molecular complexity index is 1050. The summed E-state index contributed by atoms with van der Waals surface area (Å²) in [4.78, 5) is 30.7. The van der Waals surface area contributed by atoms with Gasteiger partial charge in [-0.15, -0.1) is 0 Å². The Hall–Kier alpha value is -2.79. The van der Waals surface area contributed by atoms with Crippen LogP contribution in [0, 0.1) is 17.0 Å². The molecule has 3 rings (SSSR count). The predicted octanol–water partition coefficient (Wildman–Crippen LogP) is 0.239. The summed E-state index contributed by atoms with van der Waals surface area (Å²) in [6, 6.07) is 4.67. The van der Waals surface area contributed by atoms with Gasteiger partial charge in [0, 0.05) is 13.1 Å². The van der Waals surface area contributed by atoms with Gasteiger partial charge in [0.15, 0.2) is 0 Å². The van der Waals surface area contributed by atoms with Crippen LogP contribution in [0.3, 0.4) is 0 Å². The molecule has 138 valence electrons. The zero-order valence-corrected chi connectivity index (χ0v) is 14.7. The number of aryl methyl sites for hydroxylation is 1. The van der Waals surface area contributed by atoms with Crippen molar-refractivity contribution < 1.29 is 13.3 Å². The summed E-state index contributed by atoms with van der Waals surface area (Å²) < 4.78 is 23.1. The molecule has 0 spiro atoms. The second-order valence-corrected chi connectivity index (χ2v) is 7.60. The molecular formula is C15H17N5O5S. The molecule has 1 aliphatic heterocycles. The molecule has 0 atom stereocenters. The van der Waals surface area contributed by atoms with Crippen LogP contribution in [0.1, 0.15) is 17.0 Å². The highest BCUT2D eigenvalue weighted by molar-refractivity contribution is 7.89. The summed E-state index contributed by atoms with van der Waals surface area (Å²) in [5.41, 5.74) is 0.356. The van der Waals surface area contributed by atoms with E-state index in [1.54, 1.807) is 17.9 Å². The topological polar surface area (TPSA) is 152 Å². The van der Waals surface area contributed by atoms with Crippen LogP contribution in [0.15, 0.2) is 27.9 Å². The number of hydrogen-bond donors (Lipinski definition) is 2. The fourth-order valence-corrected chi connectivity index (χ4v) is 3.60. The van der Waals surface area contributed by atoms with Crippen LogP contribution in [-0.4, -0.2) is 36.4 Å². The maximum atomic E-state index is 12.0. The molecule has 0 bridgehead atoms. The van der Waals surface area contributed by atoms with Crippen LogP contribution in [0.25, 0.3) is 0 Å². The fraction of sp³-hybridized carbons (Fsp3) is 0.333. The maximum Gasteiger partial charge on any atom is 0.375 e. The van der Waals surface area contributed by atoms with Crippen molar-refractivity contribution >= 4 is 21.5 Å². The highest BCUT2D eigenvalue weighted by atomic mass is 32.2. The first-order valence-corrected chi connectivity index (χ1v) is 9.36. The Kier molecular flexibility index (Phi) is 4.50. The minimum absolute atomic E-state index is 0.0238. The molecule has 0 fully saturated rings. The number of nitro groups is 1. The third kappa shape index (κ3) is 3.44. The lowest BCUT2D eigenvalue weighted by atomic mass is 10.0. The molecule has 26 heavy (non-hydrogen) atoms. The summed E-state index contributed by atoms with van der Waals surface area (Å²) in [5, 5.41) is 16.5. The number of nitrogens with zero attached hydrogens (tertiary/aromatic N) is 3. The maximum absolute atomic E-state index is 12.0. The van der Waals surface area contributed by atoms with Gasteiger partial charge in [0.25, 0.3) is 0 Å². The smallest absolute Gasteiger partial charge is 0.350 e. The Morgan fingerprint density at radius 1 is 1.27 bits per heavy atom. The van der Waals surface area contributed by atoms with Crippen molar-refractivity contribution in [1.82, 2.24) is 9.97 Å². The number of benzene rings is 1. The van der Waals surface area contributed by atoms with Crippen LogP contribution in [0.2, 0.25) is 0 Å². The molecule has 0 saturated carbocycles. The summed E-state index contributed by atoms with van der Waals surface area (Å²) in [6.45, 7) is 2.33. The predicted molar refractivity (Wildman–Crippen MR) is 93.7 cm³/mol. The van der Waals surface area contributed by atoms with Gasteiger partial charge in [-0.05, 0) is 43.0 Å². The van der Waals surface area contributed by atoms with E-state index >= 15 is 0 Å². The number of primary sulfonamides is 1. The van der Waals surface area contributed by atoms with Gasteiger partial charge in [-0.3, -0.25) is 14.9 Å². The van der Waals surface area contributed by atoms with Crippen molar-refractivity contribution in [3.8, 4) is 0 Å². The van der Waals surface area contributed by atoms with E-state index < -0.39 is 26.2 Å². The van der Waals surface area contributed by atoms with E-state index in [4.69, 9.17) is 5.14 Å². The standard InChI is InChI=1S/C15H17N5O5S/c1-9-17-14(13(20(22)23)15(21)18-9)19-6-4-10-2-3-12(26(16,24)25)8-11(10)5-7-19/h2-3,8H,4-7H2,1H3,(H2,16,24,25)(H,17,18,21).